The van der Waals surface area contributed by atoms with Gasteiger partial charge in [-0.1, -0.05) is 0 Å². The maximum Gasteiger partial charge on any atom is 2.00 e. The normalized spacial score (nSPS) is 9.66. The number of nitriles is 2. The Morgan fingerprint density at radius 3 is 0.979 bits per heavy atom. The summed E-state index contributed by atoms with van der Waals surface area (Å²) in [6.07, 6.45) is -1.59. The van der Waals surface area contributed by atoms with E-state index >= 15 is 0 Å². The maximum absolute atomic E-state index is 11.1. The maximum atomic E-state index is 11.1. The summed E-state index contributed by atoms with van der Waals surface area (Å²) in [6.45, 7) is -3.22. The van der Waals surface area contributed by atoms with Crippen LogP contribution in [-0.2, 0) is 41.6 Å². The van der Waals surface area contributed by atoms with Gasteiger partial charge in [0.25, 0.3) is 0 Å². The first kappa shape index (κ1) is 42.2. The zero-order valence-electron chi connectivity index (χ0n) is 23.3. The van der Waals surface area contributed by atoms with Crippen LogP contribution in [0.1, 0.15) is 41.6 Å². The fourth-order valence-corrected chi connectivity index (χ4v) is 5.81. The van der Waals surface area contributed by atoms with Crippen molar-refractivity contribution in [2.45, 2.75) is 12.8 Å². The molecule has 0 aliphatic carbocycles. The van der Waals surface area contributed by atoms with E-state index in [1.165, 1.54) is 0 Å². The van der Waals surface area contributed by atoms with Crippen molar-refractivity contribution in [3.63, 3.8) is 0 Å². The molecule has 23 heteroatoms. The quantitative estimate of drug-likeness (QED) is 0.0915. The molecular formula is C24H18N4O16S2Sr. The van der Waals surface area contributed by atoms with Gasteiger partial charge in [-0.3, -0.25) is 28.8 Å². The van der Waals surface area contributed by atoms with E-state index < -0.39 is 96.5 Å². The molecule has 0 atom stereocenters. The second kappa shape index (κ2) is 19.0. The number of carbonyl (C=O) groups is 8. The van der Waals surface area contributed by atoms with Gasteiger partial charge in [0.15, 0.2) is 0 Å². The fraction of sp³-hybridized carbons (Fsp3) is 0.250. The predicted molar refractivity (Wildman–Crippen MR) is 150 cm³/mol. The van der Waals surface area contributed by atoms with Crippen LogP contribution < -0.4 is 20.0 Å². The Labute approximate surface area is 306 Å². The number of hydrogen-bond donors (Lipinski definition) is 6. The van der Waals surface area contributed by atoms with E-state index in [2.05, 4.69) is 0 Å². The van der Waals surface area contributed by atoms with Gasteiger partial charge in [-0.15, -0.1) is 22.7 Å². The summed E-state index contributed by atoms with van der Waals surface area (Å²) < 4.78 is 0. The molecule has 2 heterocycles. The van der Waals surface area contributed by atoms with Gasteiger partial charge in [-0.05, 0) is 0 Å². The van der Waals surface area contributed by atoms with Crippen molar-refractivity contribution in [1.82, 2.24) is 0 Å². The molecular weight excluding hydrogens is 752 g/mol. The topological polar surface area (TPSA) is 358 Å². The average Bonchev–Trinajstić information content (AvgIpc) is 3.44. The number of thiophene rings is 2. The molecule has 2 aromatic rings. The number of carboxylic acid groups (broad SMARTS) is 8. The third-order valence-corrected chi connectivity index (χ3v) is 7.65. The first-order chi connectivity index (χ1) is 21.3. The molecule has 0 saturated carbocycles. The number of nitrogens with zero attached hydrogens (tertiary/aromatic N) is 4. The van der Waals surface area contributed by atoms with Crippen LogP contribution >= 0.6 is 22.7 Å². The minimum Gasteiger partial charge on any atom is -0.544 e. The number of hydrogen-bond acceptors (Lipinski definition) is 16. The summed E-state index contributed by atoms with van der Waals surface area (Å²) in [6, 6.07) is 3.20. The van der Waals surface area contributed by atoms with Crippen molar-refractivity contribution in [3.05, 3.63) is 32.0 Å². The minimum atomic E-state index is -1.74. The molecule has 47 heavy (non-hydrogen) atoms. The Hall–Kier alpha value is -4.78. The van der Waals surface area contributed by atoms with Gasteiger partial charge in [-0.2, -0.15) is 10.5 Å². The van der Waals surface area contributed by atoms with E-state index in [1.54, 1.807) is 12.1 Å². The van der Waals surface area contributed by atoms with Crippen molar-refractivity contribution < 1.29 is 79.2 Å². The van der Waals surface area contributed by atoms with Gasteiger partial charge in [0.1, 0.15) is 48.3 Å². The Bertz CT molecular complexity index is 1530. The SMILES string of the molecule is N#Cc1c(N(CC(=O)O)CC(=O)O)sc(C(=O)[O-])c1CC(=O)O.N#Cc1c(N(CC(=O)O)CC(=O)O)sc(C(=O)[O-])c1CC(=O)O.[Sr+2]. The molecule has 0 saturated heterocycles. The van der Waals surface area contributed by atoms with E-state index in [4.69, 9.17) is 41.2 Å². The van der Waals surface area contributed by atoms with Crippen molar-refractivity contribution in [2.24, 2.45) is 0 Å². The van der Waals surface area contributed by atoms with Crippen LogP contribution in [0.3, 0.4) is 0 Å². The third kappa shape index (κ3) is 12.5. The predicted octanol–water partition coefficient (Wildman–Crippen LogP) is -3.21. The van der Waals surface area contributed by atoms with E-state index in [0.717, 1.165) is 9.80 Å². The summed E-state index contributed by atoms with van der Waals surface area (Å²) in [5, 5.41) is 92.9. The molecule has 2 aromatic heterocycles. The summed E-state index contributed by atoms with van der Waals surface area (Å²) in [4.78, 5) is 87.6. The van der Waals surface area contributed by atoms with Crippen LogP contribution in [-0.4, -0.2) is 150 Å². The summed E-state index contributed by atoms with van der Waals surface area (Å²) in [5.74, 6) is -11.9. The van der Waals surface area contributed by atoms with Gasteiger partial charge < -0.3 is 60.2 Å². The van der Waals surface area contributed by atoms with Crippen LogP contribution in [0, 0.1) is 22.7 Å². The number of rotatable bonds is 16. The zero-order valence-corrected chi connectivity index (χ0v) is 28.4. The Balaban J connectivity index is 0.000000882. The van der Waals surface area contributed by atoms with E-state index in [0.29, 0.717) is 22.7 Å². The first-order valence-corrected chi connectivity index (χ1v) is 13.3. The van der Waals surface area contributed by atoms with E-state index in [-0.39, 0.29) is 77.7 Å². The van der Waals surface area contributed by atoms with Crippen LogP contribution in [0.2, 0.25) is 0 Å². The molecule has 244 valence electrons. The molecule has 2 rings (SSSR count). The molecule has 0 spiro atoms. The molecule has 0 aliphatic rings. The summed E-state index contributed by atoms with van der Waals surface area (Å²) in [7, 11) is 0. The Morgan fingerprint density at radius 2 is 0.809 bits per heavy atom. The van der Waals surface area contributed by atoms with Crippen molar-refractivity contribution >= 4 is 126 Å². The van der Waals surface area contributed by atoms with Crippen LogP contribution in [0.15, 0.2) is 0 Å². The molecule has 0 radical (unpaired) electrons. The van der Waals surface area contributed by atoms with Crippen LogP contribution in [0.25, 0.3) is 0 Å². The van der Waals surface area contributed by atoms with E-state index in [1.807, 2.05) is 0 Å². The molecule has 0 amide bonds. The molecule has 0 unspecified atom stereocenters. The van der Waals surface area contributed by atoms with Gasteiger partial charge in [0.05, 0.1) is 45.7 Å². The second-order valence-corrected chi connectivity index (χ2v) is 10.4. The molecule has 6 N–H and O–H groups in total. The molecule has 0 fully saturated rings. The van der Waals surface area contributed by atoms with Crippen LogP contribution in [0.4, 0.5) is 10.0 Å². The van der Waals surface area contributed by atoms with Crippen molar-refractivity contribution in [3.8, 4) is 12.1 Å². The van der Waals surface area contributed by atoms with Gasteiger partial charge in [0.2, 0.25) is 0 Å². The van der Waals surface area contributed by atoms with Gasteiger partial charge in [0, 0.05) is 11.1 Å². The third-order valence-electron chi connectivity index (χ3n) is 5.11. The molecule has 20 nitrogen and oxygen atoms in total. The Kier molecular flexibility index (Phi) is 17.1. The number of anilines is 2. The average molecular weight is 770 g/mol. The number of aromatic carboxylic acids is 2. The first-order valence-electron chi connectivity index (χ1n) is 11.7. The van der Waals surface area contributed by atoms with Gasteiger partial charge in [-0.25, -0.2) is 0 Å². The van der Waals surface area contributed by atoms with Crippen molar-refractivity contribution in [2.75, 3.05) is 36.0 Å². The molecule has 0 bridgehead atoms. The monoisotopic (exact) mass is 770 g/mol. The Morgan fingerprint density at radius 1 is 0.553 bits per heavy atom. The summed E-state index contributed by atoms with van der Waals surface area (Å²) in [5.41, 5.74) is -1.47. The smallest absolute Gasteiger partial charge is 0.544 e. The molecule has 0 aliphatic heterocycles. The number of carboxylic acids is 8. The summed E-state index contributed by atoms with van der Waals surface area (Å²) >= 11 is 0.809. The second-order valence-electron chi connectivity index (χ2n) is 8.41. The zero-order chi connectivity index (χ0) is 35.5. The number of aliphatic carboxylic acids is 6. The fourth-order valence-electron chi connectivity index (χ4n) is 3.60. The standard InChI is InChI=1S/2C12H10N2O8S.Sr/c2*13-2-6-5(1-7(15)16)10(12(21)22)23-11(6)14(3-8(17)18)4-9(19)20;/h2*1,3-4H2,(H,15,16)(H,17,18)(H,19,20)(H,21,22);/q;;+2/p-2. The number of carbonyl (C=O) groups excluding carboxylic acids is 2. The van der Waals surface area contributed by atoms with Crippen LogP contribution in [0.5, 0.6) is 0 Å². The minimum absolute atomic E-state index is 0. The van der Waals surface area contributed by atoms with Gasteiger partial charge >= 0.3 is 81.3 Å². The van der Waals surface area contributed by atoms with Crippen molar-refractivity contribution in [1.29, 1.82) is 10.5 Å². The molecule has 0 aromatic carbocycles. The van der Waals surface area contributed by atoms with E-state index in [9.17, 15) is 48.6 Å². The largest absolute Gasteiger partial charge is 2.00 e.